The third-order valence-electron chi connectivity index (χ3n) is 2.38. The van der Waals surface area contributed by atoms with Gasteiger partial charge in [0.25, 0.3) is 5.91 Å². The van der Waals surface area contributed by atoms with Crippen LogP contribution >= 0.6 is 0 Å². The molecule has 0 aliphatic heterocycles. The molecule has 0 fully saturated rings. The molecule has 0 saturated heterocycles. The van der Waals surface area contributed by atoms with E-state index in [2.05, 4.69) is 5.10 Å². The Kier molecular flexibility index (Phi) is 3.09. The fraction of sp³-hybridized carbons (Fsp3) is 0.167. The Hall–Kier alpha value is -2.30. The zero-order chi connectivity index (χ0) is 12.3. The maximum atomic E-state index is 11.8. The van der Waals surface area contributed by atoms with Crippen LogP contribution in [0, 0.1) is 0 Å². The van der Waals surface area contributed by atoms with E-state index in [0.717, 1.165) is 11.3 Å². The largest absolute Gasteiger partial charge is 0.497 e. The summed E-state index contributed by atoms with van der Waals surface area (Å²) in [5.74, 6) is 0.990. The summed E-state index contributed by atoms with van der Waals surface area (Å²) in [6.45, 7) is 0. The molecule has 0 atom stereocenters. The van der Waals surface area contributed by atoms with Gasteiger partial charge in [-0.2, -0.15) is 0 Å². The molecule has 2 rings (SSSR count). The zero-order valence-electron chi connectivity index (χ0n) is 9.46. The van der Waals surface area contributed by atoms with E-state index in [1.807, 2.05) is 24.3 Å². The minimum absolute atomic E-state index is 0.119. The molecule has 0 aliphatic rings. The first kappa shape index (κ1) is 11.2. The normalized spacial score (nSPS) is 10.2. The minimum Gasteiger partial charge on any atom is -0.497 e. The predicted molar refractivity (Wildman–Crippen MR) is 64.0 cm³/mol. The summed E-state index contributed by atoms with van der Waals surface area (Å²) in [4.78, 5) is 11.8. The van der Waals surface area contributed by atoms with Gasteiger partial charge in [0.2, 0.25) is 0 Å². The highest BCUT2D eigenvalue weighted by Gasteiger charge is 2.07. The van der Waals surface area contributed by atoms with Crippen LogP contribution in [0.5, 0.6) is 5.75 Å². The molecule has 88 valence electrons. The Labute approximate surface area is 98.8 Å². The van der Waals surface area contributed by atoms with Crippen LogP contribution < -0.4 is 10.5 Å². The maximum absolute atomic E-state index is 11.8. The molecule has 2 aromatic rings. The molecule has 0 radical (unpaired) electrons. The van der Waals surface area contributed by atoms with Crippen LogP contribution in [0.15, 0.2) is 36.5 Å². The number of hydrogen-bond acceptors (Lipinski definition) is 4. The van der Waals surface area contributed by atoms with E-state index in [1.165, 1.54) is 4.68 Å². The third kappa shape index (κ3) is 2.63. The SMILES string of the molecule is COc1ccc(CC(=O)n2ccc(N)n2)cc1. The molecule has 1 aromatic heterocycles. The maximum Gasteiger partial charge on any atom is 0.251 e. The molecule has 0 saturated carbocycles. The number of methoxy groups -OCH3 is 1. The van der Waals surface area contributed by atoms with Crippen LogP contribution in [0.25, 0.3) is 0 Å². The standard InChI is InChI=1S/C12H13N3O2/c1-17-10-4-2-9(3-5-10)8-12(16)15-7-6-11(13)14-15/h2-7H,8H2,1H3,(H2,13,14). The van der Waals surface area contributed by atoms with Gasteiger partial charge in [0.05, 0.1) is 13.5 Å². The first-order chi connectivity index (χ1) is 8.19. The van der Waals surface area contributed by atoms with Crippen LogP contribution in [0.4, 0.5) is 5.82 Å². The summed E-state index contributed by atoms with van der Waals surface area (Å²) in [6, 6.07) is 8.93. The van der Waals surface area contributed by atoms with E-state index < -0.39 is 0 Å². The van der Waals surface area contributed by atoms with Crippen molar-refractivity contribution in [3.05, 3.63) is 42.1 Å². The highest BCUT2D eigenvalue weighted by atomic mass is 16.5. The molecule has 17 heavy (non-hydrogen) atoms. The average molecular weight is 231 g/mol. The second kappa shape index (κ2) is 4.69. The van der Waals surface area contributed by atoms with Crippen molar-refractivity contribution in [3.63, 3.8) is 0 Å². The Morgan fingerprint density at radius 2 is 2.06 bits per heavy atom. The summed E-state index contributed by atoms with van der Waals surface area (Å²) in [5.41, 5.74) is 6.35. The molecule has 5 heteroatoms. The second-order valence-corrected chi connectivity index (χ2v) is 3.60. The van der Waals surface area contributed by atoms with Gasteiger partial charge in [-0.3, -0.25) is 4.79 Å². The number of nitrogens with zero attached hydrogens (tertiary/aromatic N) is 2. The first-order valence-electron chi connectivity index (χ1n) is 5.16. The molecule has 0 spiro atoms. The van der Waals surface area contributed by atoms with Crippen molar-refractivity contribution >= 4 is 11.7 Å². The van der Waals surface area contributed by atoms with E-state index in [1.54, 1.807) is 19.4 Å². The van der Waals surface area contributed by atoms with E-state index in [4.69, 9.17) is 10.5 Å². The van der Waals surface area contributed by atoms with E-state index in [-0.39, 0.29) is 12.3 Å². The van der Waals surface area contributed by atoms with Crippen molar-refractivity contribution in [1.29, 1.82) is 0 Å². The Bertz CT molecular complexity index is 517. The first-order valence-corrected chi connectivity index (χ1v) is 5.16. The Morgan fingerprint density at radius 3 is 2.59 bits per heavy atom. The van der Waals surface area contributed by atoms with Gasteiger partial charge in [0.1, 0.15) is 11.6 Å². The third-order valence-corrected chi connectivity index (χ3v) is 2.38. The number of aromatic nitrogens is 2. The van der Waals surface area contributed by atoms with Crippen molar-refractivity contribution in [2.75, 3.05) is 12.8 Å². The Morgan fingerprint density at radius 1 is 1.35 bits per heavy atom. The molecular weight excluding hydrogens is 218 g/mol. The number of nitrogens with two attached hydrogens (primary N) is 1. The number of carbonyl (C=O) groups is 1. The molecule has 2 N–H and O–H groups in total. The molecule has 0 unspecified atom stereocenters. The molecule has 0 amide bonds. The lowest BCUT2D eigenvalue weighted by Crippen LogP contribution is -2.14. The van der Waals surface area contributed by atoms with Gasteiger partial charge in [-0.25, -0.2) is 4.68 Å². The lowest BCUT2D eigenvalue weighted by molar-refractivity contribution is 0.0898. The van der Waals surface area contributed by atoms with E-state index in [9.17, 15) is 4.79 Å². The lowest BCUT2D eigenvalue weighted by atomic mass is 10.1. The molecule has 1 heterocycles. The Balaban J connectivity index is 2.07. The number of anilines is 1. The van der Waals surface area contributed by atoms with Gasteiger partial charge >= 0.3 is 0 Å². The summed E-state index contributed by atoms with van der Waals surface area (Å²) in [5, 5.41) is 3.86. The van der Waals surface area contributed by atoms with Gasteiger partial charge < -0.3 is 10.5 Å². The van der Waals surface area contributed by atoms with Crippen LogP contribution in [0.1, 0.15) is 10.4 Å². The van der Waals surface area contributed by atoms with Gasteiger partial charge in [0, 0.05) is 12.3 Å². The average Bonchev–Trinajstić information content (AvgIpc) is 2.77. The fourth-order valence-corrected chi connectivity index (χ4v) is 1.48. The van der Waals surface area contributed by atoms with Crippen molar-refractivity contribution in [2.45, 2.75) is 6.42 Å². The molecule has 0 aliphatic carbocycles. The van der Waals surface area contributed by atoms with Crippen molar-refractivity contribution in [2.24, 2.45) is 0 Å². The summed E-state index contributed by atoms with van der Waals surface area (Å²) in [6.07, 6.45) is 1.84. The fourth-order valence-electron chi connectivity index (χ4n) is 1.48. The highest BCUT2D eigenvalue weighted by Crippen LogP contribution is 2.12. The highest BCUT2D eigenvalue weighted by molar-refractivity contribution is 5.80. The monoisotopic (exact) mass is 231 g/mol. The number of carbonyl (C=O) groups excluding carboxylic acids is 1. The number of rotatable bonds is 3. The van der Waals surface area contributed by atoms with Crippen molar-refractivity contribution < 1.29 is 9.53 Å². The lowest BCUT2D eigenvalue weighted by Gasteiger charge is -2.03. The van der Waals surface area contributed by atoms with Crippen molar-refractivity contribution in [3.8, 4) is 5.75 Å². The quantitative estimate of drug-likeness (QED) is 0.865. The minimum atomic E-state index is -0.119. The van der Waals surface area contributed by atoms with Crippen LogP contribution in [-0.4, -0.2) is 22.8 Å². The molecule has 5 nitrogen and oxygen atoms in total. The zero-order valence-corrected chi connectivity index (χ0v) is 9.46. The summed E-state index contributed by atoms with van der Waals surface area (Å²) < 4.78 is 6.29. The van der Waals surface area contributed by atoms with Gasteiger partial charge in [-0.15, -0.1) is 5.10 Å². The van der Waals surface area contributed by atoms with Crippen molar-refractivity contribution in [1.82, 2.24) is 9.78 Å². The summed E-state index contributed by atoms with van der Waals surface area (Å²) in [7, 11) is 1.60. The van der Waals surface area contributed by atoms with E-state index >= 15 is 0 Å². The smallest absolute Gasteiger partial charge is 0.251 e. The van der Waals surface area contributed by atoms with Crippen LogP contribution in [0.3, 0.4) is 0 Å². The van der Waals surface area contributed by atoms with E-state index in [0.29, 0.717) is 5.82 Å². The van der Waals surface area contributed by atoms with Crippen LogP contribution in [0.2, 0.25) is 0 Å². The second-order valence-electron chi connectivity index (χ2n) is 3.60. The molecule has 0 bridgehead atoms. The number of hydrogen-bond donors (Lipinski definition) is 1. The van der Waals surface area contributed by atoms with Crippen LogP contribution in [-0.2, 0) is 6.42 Å². The number of ether oxygens (including phenoxy) is 1. The van der Waals surface area contributed by atoms with Gasteiger partial charge in [0.15, 0.2) is 0 Å². The molecular formula is C12H13N3O2. The number of nitrogen functional groups attached to an aromatic ring is 1. The number of benzene rings is 1. The molecule has 1 aromatic carbocycles. The predicted octanol–water partition coefficient (Wildman–Crippen LogP) is 1.36. The summed E-state index contributed by atoms with van der Waals surface area (Å²) >= 11 is 0. The van der Waals surface area contributed by atoms with Gasteiger partial charge in [-0.1, -0.05) is 12.1 Å². The topological polar surface area (TPSA) is 70.1 Å². The van der Waals surface area contributed by atoms with Gasteiger partial charge in [-0.05, 0) is 17.7 Å².